The van der Waals surface area contributed by atoms with Gasteiger partial charge in [-0.1, -0.05) is 0 Å². The lowest BCUT2D eigenvalue weighted by Gasteiger charge is -2.29. The largest absolute Gasteiger partial charge is 0.346 e. The molecule has 0 bridgehead atoms. The highest BCUT2D eigenvalue weighted by Crippen LogP contribution is 2.25. The monoisotopic (exact) mass is 219 g/mol. The second kappa shape index (κ2) is 7.33. The van der Waals surface area contributed by atoms with Crippen LogP contribution in [0, 0.1) is 0 Å². The van der Waals surface area contributed by atoms with Crippen molar-refractivity contribution in [1.82, 2.24) is 4.67 Å². The zero-order chi connectivity index (χ0) is 11.1. The van der Waals surface area contributed by atoms with E-state index in [1.165, 1.54) is 0 Å². The van der Waals surface area contributed by atoms with Crippen molar-refractivity contribution in [2.75, 3.05) is 6.61 Å². The van der Waals surface area contributed by atoms with E-state index in [0.717, 1.165) is 0 Å². The first-order valence-electron chi connectivity index (χ1n) is 5.10. The lowest BCUT2D eigenvalue weighted by molar-refractivity contribution is -0.117. The van der Waals surface area contributed by atoms with Gasteiger partial charge in [0.05, 0.1) is 15.6 Å². The molecule has 0 aromatic heterocycles. The van der Waals surface area contributed by atoms with Gasteiger partial charge in [0.1, 0.15) is 5.78 Å². The van der Waals surface area contributed by atoms with Gasteiger partial charge in [0.15, 0.2) is 0 Å². The summed E-state index contributed by atoms with van der Waals surface area (Å²) >= 11 is 0. The van der Waals surface area contributed by atoms with Crippen molar-refractivity contribution in [2.24, 2.45) is 0 Å². The van der Waals surface area contributed by atoms with Gasteiger partial charge in [0.2, 0.25) is 0 Å². The molecule has 0 aromatic carbocycles. The van der Waals surface area contributed by atoms with Crippen LogP contribution in [0.2, 0.25) is 0 Å². The molecule has 14 heavy (non-hydrogen) atoms. The lowest BCUT2D eigenvalue weighted by Crippen LogP contribution is -2.29. The fourth-order valence-corrected chi connectivity index (χ4v) is 1.89. The summed E-state index contributed by atoms with van der Waals surface area (Å²) in [6.07, 6.45) is 0.525. The van der Waals surface area contributed by atoms with Crippen LogP contribution in [-0.4, -0.2) is 29.1 Å². The van der Waals surface area contributed by atoms with E-state index in [1.807, 2.05) is 0 Å². The first-order valence-corrected chi connectivity index (χ1v) is 5.96. The number of hydrogen-bond acceptors (Lipinski definition) is 3. The molecule has 84 valence electrons. The zero-order valence-electron chi connectivity index (χ0n) is 9.83. The van der Waals surface area contributed by atoms with Crippen LogP contribution in [0.1, 0.15) is 41.0 Å². The molecule has 0 aliphatic rings. The van der Waals surface area contributed by atoms with Crippen molar-refractivity contribution in [2.45, 2.75) is 53.1 Å². The van der Waals surface area contributed by atoms with Gasteiger partial charge in [-0.15, -0.1) is 0 Å². The topological polar surface area (TPSA) is 29.5 Å². The Morgan fingerprint density at radius 3 is 2.14 bits per heavy atom. The summed E-state index contributed by atoms with van der Waals surface area (Å²) in [6, 6.07) is 0.983. The molecule has 3 nitrogen and oxygen atoms in total. The van der Waals surface area contributed by atoms with Crippen LogP contribution in [0.25, 0.3) is 0 Å². The summed E-state index contributed by atoms with van der Waals surface area (Å²) in [7, 11) is 0.365. The van der Waals surface area contributed by atoms with Gasteiger partial charge >= 0.3 is 0 Å². The van der Waals surface area contributed by atoms with Crippen molar-refractivity contribution >= 4 is 14.7 Å². The molecule has 0 spiro atoms. The summed E-state index contributed by atoms with van der Waals surface area (Å²) in [5.41, 5.74) is 0. The average molecular weight is 219 g/mol. The SMILES string of the molecule is CC(=O)CCOPN(C(C)C)C(C)C. The maximum absolute atomic E-state index is 10.7. The minimum absolute atomic E-state index is 0.190. The molecule has 0 saturated carbocycles. The van der Waals surface area contributed by atoms with E-state index in [0.29, 0.717) is 34.1 Å². The minimum atomic E-state index is 0.190. The van der Waals surface area contributed by atoms with Crippen LogP contribution >= 0.6 is 8.96 Å². The zero-order valence-corrected chi connectivity index (χ0v) is 10.8. The molecule has 0 aliphatic carbocycles. The Balaban J connectivity index is 3.67. The predicted octanol–water partition coefficient (Wildman–Crippen LogP) is 2.61. The molecule has 0 aromatic rings. The standard InChI is InChI=1S/C10H22NO2P/c1-8(2)11(9(3)4)14-13-7-6-10(5)12/h8-9,14H,6-7H2,1-5H3. The highest BCUT2D eigenvalue weighted by atomic mass is 31.1. The van der Waals surface area contributed by atoms with Crippen molar-refractivity contribution in [3.8, 4) is 0 Å². The third kappa shape index (κ3) is 6.47. The van der Waals surface area contributed by atoms with Crippen molar-refractivity contribution in [1.29, 1.82) is 0 Å². The molecule has 4 heteroatoms. The second-order valence-corrected chi connectivity index (χ2v) is 4.97. The predicted molar refractivity (Wildman–Crippen MR) is 61.7 cm³/mol. The quantitative estimate of drug-likeness (QED) is 0.487. The first kappa shape index (κ1) is 14.0. The van der Waals surface area contributed by atoms with Crippen molar-refractivity contribution in [3.63, 3.8) is 0 Å². The number of hydrogen-bond donors (Lipinski definition) is 0. The van der Waals surface area contributed by atoms with Gasteiger partial charge in [-0.25, -0.2) is 0 Å². The Labute approximate surface area is 89.1 Å². The summed E-state index contributed by atoms with van der Waals surface area (Å²) in [5.74, 6) is 0.190. The molecule has 0 rings (SSSR count). The molecule has 0 aliphatic heterocycles. The van der Waals surface area contributed by atoms with E-state index in [-0.39, 0.29) is 5.78 Å². The van der Waals surface area contributed by atoms with Crippen LogP contribution in [0.5, 0.6) is 0 Å². The lowest BCUT2D eigenvalue weighted by atomic mass is 10.3. The second-order valence-electron chi connectivity index (χ2n) is 3.99. The first-order chi connectivity index (χ1) is 6.45. The fourth-order valence-electron chi connectivity index (χ4n) is 1.12. The Bertz CT molecular complexity index is 164. The Morgan fingerprint density at radius 1 is 1.29 bits per heavy atom. The smallest absolute Gasteiger partial charge is 0.132 e. The highest BCUT2D eigenvalue weighted by molar-refractivity contribution is 7.29. The maximum Gasteiger partial charge on any atom is 0.132 e. The molecule has 0 N–H and O–H groups in total. The number of ketones is 1. The third-order valence-electron chi connectivity index (χ3n) is 1.84. The average Bonchev–Trinajstić information content (AvgIpc) is 2.01. The molecule has 1 atom stereocenters. The number of Topliss-reactive ketones (excluding diaryl/α,β-unsaturated/α-hetero) is 1. The van der Waals surface area contributed by atoms with Crippen molar-refractivity contribution < 1.29 is 9.32 Å². The minimum Gasteiger partial charge on any atom is -0.346 e. The molecule has 0 radical (unpaired) electrons. The van der Waals surface area contributed by atoms with E-state index >= 15 is 0 Å². The van der Waals surface area contributed by atoms with Crippen LogP contribution in [0.4, 0.5) is 0 Å². The maximum atomic E-state index is 10.7. The van der Waals surface area contributed by atoms with Gasteiger partial charge in [0.25, 0.3) is 0 Å². The van der Waals surface area contributed by atoms with E-state index in [9.17, 15) is 4.79 Å². The number of rotatable bonds is 7. The Kier molecular flexibility index (Phi) is 7.34. The summed E-state index contributed by atoms with van der Waals surface area (Å²) in [6.45, 7) is 10.8. The van der Waals surface area contributed by atoms with Crippen molar-refractivity contribution in [3.05, 3.63) is 0 Å². The molecule has 0 fully saturated rings. The number of nitrogens with zero attached hydrogens (tertiary/aromatic N) is 1. The van der Waals surface area contributed by atoms with E-state index < -0.39 is 0 Å². The molecule has 1 unspecified atom stereocenters. The molecule has 0 saturated heterocycles. The molecular weight excluding hydrogens is 197 g/mol. The van der Waals surface area contributed by atoms with Gasteiger partial charge in [0, 0.05) is 18.5 Å². The van der Waals surface area contributed by atoms with Gasteiger partial charge < -0.3 is 4.52 Å². The van der Waals surface area contributed by atoms with Crippen LogP contribution in [0.15, 0.2) is 0 Å². The normalized spacial score (nSPS) is 12.6. The third-order valence-corrected chi connectivity index (χ3v) is 3.42. The van der Waals surface area contributed by atoms with Gasteiger partial charge in [-0.3, -0.25) is 9.46 Å². The summed E-state index contributed by atoms with van der Waals surface area (Å²) < 4.78 is 7.74. The summed E-state index contributed by atoms with van der Waals surface area (Å²) in [4.78, 5) is 10.7. The summed E-state index contributed by atoms with van der Waals surface area (Å²) in [5, 5.41) is 0. The number of carbonyl (C=O) groups is 1. The fraction of sp³-hybridized carbons (Fsp3) is 0.900. The molecular formula is C10H22NO2P. The highest BCUT2D eigenvalue weighted by Gasteiger charge is 2.13. The van der Waals surface area contributed by atoms with E-state index in [2.05, 4.69) is 32.4 Å². The van der Waals surface area contributed by atoms with Crippen LogP contribution < -0.4 is 0 Å². The van der Waals surface area contributed by atoms with E-state index in [1.54, 1.807) is 6.92 Å². The van der Waals surface area contributed by atoms with Crippen LogP contribution in [0.3, 0.4) is 0 Å². The Morgan fingerprint density at radius 2 is 1.79 bits per heavy atom. The molecule has 0 heterocycles. The number of carbonyl (C=O) groups excluding carboxylic acids is 1. The van der Waals surface area contributed by atoms with E-state index in [4.69, 9.17) is 4.52 Å². The van der Waals surface area contributed by atoms with Gasteiger partial charge in [-0.05, 0) is 34.6 Å². The Hall–Kier alpha value is 0.0200. The van der Waals surface area contributed by atoms with Gasteiger partial charge in [-0.2, -0.15) is 0 Å². The molecule has 0 amide bonds. The van der Waals surface area contributed by atoms with Crippen LogP contribution in [-0.2, 0) is 9.32 Å².